The monoisotopic (exact) mass is 324 g/mol. The highest BCUT2D eigenvalue weighted by Gasteiger charge is 2.14. The highest BCUT2D eigenvalue weighted by molar-refractivity contribution is 8.00. The molecule has 1 aromatic rings. The van der Waals surface area contributed by atoms with Crippen LogP contribution in [0.1, 0.15) is 41.0 Å². The molecule has 0 saturated heterocycles. The van der Waals surface area contributed by atoms with Crippen LogP contribution in [0, 0.1) is 5.92 Å². The van der Waals surface area contributed by atoms with E-state index in [4.69, 9.17) is 0 Å². The van der Waals surface area contributed by atoms with Crippen LogP contribution >= 0.6 is 11.8 Å². The lowest BCUT2D eigenvalue weighted by Crippen LogP contribution is -2.40. The van der Waals surface area contributed by atoms with E-state index in [-0.39, 0.29) is 23.4 Å². The number of carbonyl (C=O) groups excluding carboxylic acids is 1. The summed E-state index contributed by atoms with van der Waals surface area (Å²) in [5.74, 6) is 0.422. The fourth-order valence-electron chi connectivity index (χ4n) is 2.06. The van der Waals surface area contributed by atoms with E-state index in [2.05, 4.69) is 45.3 Å². The van der Waals surface area contributed by atoms with Crippen molar-refractivity contribution in [3.63, 3.8) is 0 Å². The average molecular weight is 324 g/mol. The third-order valence-electron chi connectivity index (χ3n) is 2.85. The van der Waals surface area contributed by atoms with Crippen molar-refractivity contribution in [3.8, 4) is 0 Å². The van der Waals surface area contributed by atoms with Crippen LogP contribution in [0.25, 0.3) is 0 Å². The lowest BCUT2D eigenvalue weighted by Gasteiger charge is -2.19. The van der Waals surface area contributed by atoms with E-state index in [0.29, 0.717) is 5.92 Å². The van der Waals surface area contributed by atoms with Gasteiger partial charge in [-0.25, -0.2) is 4.79 Å². The molecule has 3 N–H and O–H groups in total. The number of aliphatic hydroxyl groups is 1. The predicted octanol–water partition coefficient (Wildman–Crippen LogP) is 4.11. The molecule has 0 spiro atoms. The van der Waals surface area contributed by atoms with Crippen molar-refractivity contribution in [1.82, 2.24) is 5.32 Å². The molecule has 0 aliphatic heterocycles. The van der Waals surface area contributed by atoms with Crippen molar-refractivity contribution < 1.29 is 9.90 Å². The molecule has 1 unspecified atom stereocenters. The summed E-state index contributed by atoms with van der Waals surface area (Å²) in [5, 5.41) is 14.9. The van der Waals surface area contributed by atoms with E-state index in [9.17, 15) is 9.90 Å². The van der Waals surface area contributed by atoms with Crippen LogP contribution < -0.4 is 10.6 Å². The first-order valence-electron chi connectivity index (χ1n) is 7.67. The second kappa shape index (κ2) is 8.44. The van der Waals surface area contributed by atoms with Gasteiger partial charge in [-0.1, -0.05) is 34.6 Å². The van der Waals surface area contributed by atoms with E-state index >= 15 is 0 Å². The zero-order valence-corrected chi connectivity index (χ0v) is 15.0. The second-order valence-corrected chi connectivity index (χ2v) is 8.75. The Labute approximate surface area is 138 Å². The molecular formula is C17H28N2O2S. The maximum atomic E-state index is 11.9. The fourth-order valence-corrected chi connectivity index (χ4v) is 3.04. The Hall–Kier alpha value is -1.20. The smallest absolute Gasteiger partial charge is 0.319 e. The molecule has 0 fully saturated rings. The molecule has 0 saturated carbocycles. The first-order chi connectivity index (χ1) is 10.2. The maximum absolute atomic E-state index is 11.9. The first-order valence-corrected chi connectivity index (χ1v) is 8.48. The van der Waals surface area contributed by atoms with Crippen LogP contribution in [0.5, 0.6) is 0 Å². The van der Waals surface area contributed by atoms with Gasteiger partial charge in [0.25, 0.3) is 0 Å². The summed E-state index contributed by atoms with van der Waals surface area (Å²) >= 11 is 1.79. The van der Waals surface area contributed by atoms with E-state index in [1.165, 1.54) is 4.90 Å². The maximum Gasteiger partial charge on any atom is 0.319 e. The van der Waals surface area contributed by atoms with Crippen molar-refractivity contribution in [3.05, 3.63) is 24.3 Å². The van der Waals surface area contributed by atoms with E-state index in [1.807, 2.05) is 24.3 Å². The zero-order valence-electron chi connectivity index (χ0n) is 14.1. The summed E-state index contributed by atoms with van der Waals surface area (Å²) in [4.78, 5) is 13.1. The Bertz CT molecular complexity index is 467. The topological polar surface area (TPSA) is 61.4 Å². The van der Waals surface area contributed by atoms with Gasteiger partial charge in [-0.05, 0) is 36.6 Å². The van der Waals surface area contributed by atoms with Gasteiger partial charge >= 0.3 is 6.03 Å². The Kier molecular flexibility index (Phi) is 7.23. The van der Waals surface area contributed by atoms with Gasteiger partial charge in [-0.3, -0.25) is 0 Å². The standard InChI is InChI=1S/C17H28N2O2S/c1-12(2)10-14(11-20)19-16(21)18-13-6-8-15(9-7-13)22-17(3,4)5/h6-9,12,14,20H,10-11H2,1-5H3,(H2,18,19,21). The molecule has 124 valence electrons. The van der Waals surface area contributed by atoms with E-state index in [1.54, 1.807) is 11.8 Å². The highest BCUT2D eigenvalue weighted by atomic mass is 32.2. The summed E-state index contributed by atoms with van der Waals surface area (Å²) in [6.07, 6.45) is 0.755. The second-order valence-electron chi connectivity index (χ2n) is 6.85. The molecule has 0 radical (unpaired) electrons. The van der Waals surface area contributed by atoms with Crippen molar-refractivity contribution >= 4 is 23.5 Å². The first kappa shape index (κ1) is 18.8. The van der Waals surface area contributed by atoms with Gasteiger partial charge in [0, 0.05) is 15.3 Å². The molecule has 0 aliphatic carbocycles. The van der Waals surface area contributed by atoms with Crippen molar-refractivity contribution in [2.24, 2.45) is 5.92 Å². The molecule has 2 amide bonds. The van der Waals surface area contributed by atoms with Gasteiger partial charge in [-0.2, -0.15) is 0 Å². The van der Waals surface area contributed by atoms with Gasteiger partial charge in [0.05, 0.1) is 12.6 Å². The number of aliphatic hydroxyl groups excluding tert-OH is 1. The average Bonchev–Trinajstić information content (AvgIpc) is 2.38. The molecule has 1 rings (SSSR count). The van der Waals surface area contributed by atoms with Gasteiger partial charge in [0.1, 0.15) is 0 Å². The molecule has 0 aromatic heterocycles. The lowest BCUT2D eigenvalue weighted by molar-refractivity contribution is 0.214. The number of hydrogen-bond donors (Lipinski definition) is 3. The van der Waals surface area contributed by atoms with Crippen molar-refractivity contribution in [2.45, 2.75) is 56.7 Å². The van der Waals surface area contributed by atoms with Gasteiger partial charge in [-0.15, -0.1) is 11.8 Å². The molecule has 0 heterocycles. The summed E-state index contributed by atoms with van der Waals surface area (Å²) in [6.45, 7) is 10.6. The van der Waals surface area contributed by atoms with E-state index in [0.717, 1.165) is 12.1 Å². The van der Waals surface area contributed by atoms with Crippen LogP contribution in [-0.4, -0.2) is 28.5 Å². The molecular weight excluding hydrogens is 296 g/mol. The molecule has 1 atom stereocenters. The number of nitrogens with one attached hydrogen (secondary N) is 2. The van der Waals surface area contributed by atoms with Gasteiger partial charge in [0.2, 0.25) is 0 Å². The van der Waals surface area contributed by atoms with Crippen LogP contribution in [-0.2, 0) is 0 Å². The quantitative estimate of drug-likeness (QED) is 0.690. The van der Waals surface area contributed by atoms with Crippen molar-refractivity contribution in [2.75, 3.05) is 11.9 Å². The predicted molar refractivity (Wildman–Crippen MR) is 94.5 cm³/mol. The number of amides is 2. The molecule has 5 heteroatoms. The molecule has 22 heavy (non-hydrogen) atoms. The fraction of sp³-hybridized carbons (Fsp3) is 0.588. The number of rotatable bonds is 6. The molecule has 0 aliphatic rings. The zero-order chi connectivity index (χ0) is 16.8. The Morgan fingerprint density at radius 2 is 1.82 bits per heavy atom. The van der Waals surface area contributed by atoms with Crippen LogP contribution in [0.4, 0.5) is 10.5 Å². The van der Waals surface area contributed by atoms with Gasteiger partial charge < -0.3 is 15.7 Å². The van der Waals surface area contributed by atoms with Crippen LogP contribution in [0.15, 0.2) is 29.2 Å². The SMILES string of the molecule is CC(C)CC(CO)NC(=O)Nc1ccc(SC(C)(C)C)cc1. The summed E-state index contributed by atoms with van der Waals surface area (Å²) < 4.78 is 0.164. The Morgan fingerprint density at radius 1 is 1.23 bits per heavy atom. The summed E-state index contributed by atoms with van der Waals surface area (Å²) in [7, 11) is 0. The summed E-state index contributed by atoms with van der Waals surface area (Å²) in [6, 6.07) is 7.30. The molecule has 0 bridgehead atoms. The number of thioether (sulfide) groups is 1. The number of anilines is 1. The summed E-state index contributed by atoms with van der Waals surface area (Å²) in [5.41, 5.74) is 0.747. The number of hydrogen-bond acceptors (Lipinski definition) is 3. The third-order valence-corrected chi connectivity index (χ3v) is 3.97. The van der Waals surface area contributed by atoms with Crippen molar-refractivity contribution in [1.29, 1.82) is 0 Å². The lowest BCUT2D eigenvalue weighted by atomic mass is 10.0. The number of benzene rings is 1. The minimum absolute atomic E-state index is 0.0488. The minimum atomic E-state index is -0.282. The highest BCUT2D eigenvalue weighted by Crippen LogP contribution is 2.32. The molecule has 1 aromatic carbocycles. The normalized spacial score (nSPS) is 13.0. The number of carbonyl (C=O) groups is 1. The molecule has 4 nitrogen and oxygen atoms in total. The van der Waals surface area contributed by atoms with Gasteiger partial charge in [0.15, 0.2) is 0 Å². The van der Waals surface area contributed by atoms with E-state index < -0.39 is 0 Å². The third kappa shape index (κ3) is 7.71. The van der Waals surface area contributed by atoms with Crippen LogP contribution in [0.3, 0.4) is 0 Å². The van der Waals surface area contributed by atoms with Crippen LogP contribution in [0.2, 0.25) is 0 Å². The Morgan fingerprint density at radius 3 is 2.27 bits per heavy atom. The largest absolute Gasteiger partial charge is 0.394 e. The Balaban J connectivity index is 2.54. The minimum Gasteiger partial charge on any atom is -0.394 e. The number of urea groups is 1.